The first-order valence-electron chi connectivity index (χ1n) is 8.04. The molecule has 0 aliphatic rings. The highest BCUT2D eigenvalue weighted by molar-refractivity contribution is 5.95. The van der Waals surface area contributed by atoms with Gasteiger partial charge in [-0.25, -0.2) is 0 Å². The molecule has 3 rings (SSSR count). The van der Waals surface area contributed by atoms with Gasteiger partial charge in [-0.2, -0.15) is 0 Å². The van der Waals surface area contributed by atoms with Crippen molar-refractivity contribution in [3.63, 3.8) is 0 Å². The maximum atomic E-state index is 12.3. The molecule has 0 atom stereocenters. The van der Waals surface area contributed by atoms with E-state index in [9.17, 15) is 4.79 Å². The molecule has 2 aromatic carbocycles. The van der Waals surface area contributed by atoms with Crippen LogP contribution in [0.2, 0.25) is 0 Å². The molecule has 0 saturated carbocycles. The third kappa shape index (κ3) is 3.45. The van der Waals surface area contributed by atoms with Gasteiger partial charge in [-0.3, -0.25) is 4.79 Å². The zero-order valence-electron chi connectivity index (χ0n) is 13.7. The zero-order valence-corrected chi connectivity index (χ0v) is 13.7. The Labute approximate surface area is 136 Å². The number of para-hydroxylation sites is 1. The van der Waals surface area contributed by atoms with E-state index in [2.05, 4.69) is 46.4 Å². The largest absolute Gasteiger partial charge is 0.352 e. The molecule has 0 aliphatic heterocycles. The SMILES string of the molecule is Cc1ccc(C)c(C(=O)NCCCn2ccc3ccccc32)c1. The predicted octanol–water partition coefficient (Wildman–Crippen LogP) is 4.08. The van der Waals surface area contributed by atoms with Gasteiger partial charge in [-0.15, -0.1) is 0 Å². The van der Waals surface area contributed by atoms with Crippen molar-refractivity contribution in [2.45, 2.75) is 26.8 Å². The summed E-state index contributed by atoms with van der Waals surface area (Å²) in [6.45, 7) is 5.56. The van der Waals surface area contributed by atoms with E-state index in [1.54, 1.807) is 0 Å². The van der Waals surface area contributed by atoms with Gasteiger partial charge in [0.1, 0.15) is 0 Å². The van der Waals surface area contributed by atoms with Crippen molar-refractivity contribution in [1.82, 2.24) is 9.88 Å². The number of hydrogen-bond donors (Lipinski definition) is 1. The molecule has 0 bridgehead atoms. The van der Waals surface area contributed by atoms with Gasteiger partial charge >= 0.3 is 0 Å². The Morgan fingerprint density at radius 1 is 1.09 bits per heavy atom. The number of carbonyl (C=O) groups is 1. The first kappa shape index (κ1) is 15.3. The predicted molar refractivity (Wildman–Crippen MR) is 94.8 cm³/mol. The van der Waals surface area contributed by atoms with Crippen LogP contribution in [0.1, 0.15) is 27.9 Å². The lowest BCUT2D eigenvalue weighted by molar-refractivity contribution is 0.0952. The van der Waals surface area contributed by atoms with Crippen LogP contribution in [0.25, 0.3) is 10.9 Å². The first-order valence-corrected chi connectivity index (χ1v) is 8.04. The fourth-order valence-electron chi connectivity index (χ4n) is 2.86. The Morgan fingerprint density at radius 3 is 2.78 bits per heavy atom. The molecule has 3 nitrogen and oxygen atoms in total. The average Bonchev–Trinajstić information content (AvgIpc) is 2.97. The van der Waals surface area contributed by atoms with E-state index in [0.29, 0.717) is 6.54 Å². The topological polar surface area (TPSA) is 34.0 Å². The molecule has 1 N–H and O–H groups in total. The van der Waals surface area contributed by atoms with Crippen LogP contribution in [-0.2, 0) is 6.54 Å². The second kappa shape index (κ2) is 6.69. The molecule has 23 heavy (non-hydrogen) atoms. The van der Waals surface area contributed by atoms with Crippen molar-refractivity contribution in [2.24, 2.45) is 0 Å². The zero-order chi connectivity index (χ0) is 16.2. The molecule has 1 amide bonds. The van der Waals surface area contributed by atoms with E-state index < -0.39 is 0 Å². The maximum absolute atomic E-state index is 12.3. The summed E-state index contributed by atoms with van der Waals surface area (Å²) >= 11 is 0. The molecular formula is C20H22N2O. The van der Waals surface area contributed by atoms with Crippen LogP contribution >= 0.6 is 0 Å². The molecule has 0 spiro atoms. The lowest BCUT2D eigenvalue weighted by Gasteiger charge is -2.09. The van der Waals surface area contributed by atoms with Crippen LogP contribution in [0.4, 0.5) is 0 Å². The Morgan fingerprint density at radius 2 is 1.91 bits per heavy atom. The van der Waals surface area contributed by atoms with E-state index in [1.165, 1.54) is 10.9 Å². The number of rotatable bonds is 5. The molecule has 3 aromatic rings. The van der Waals surface area contributed by atoms with Crippen LogP contribution < -0.4 is 5.32 Å². The summed E-state index contributed by atoms with van der Waals surface area (Å²) in [5, 5.41) is 4.28. The minimum atomic E-state index is 0.0172. The van der Waals surface area contributed by atoms with Gasteiger partial charge in [0.05, 0.1) is 0 Å². The minimum absolute atomic E-state index is 0.0172. The van der Waals surface area contributed by atoms with Crippen LogP contribution in [-0.4, -0.2) is 17.0 Å². The summed E-state index contributed by atoms with van der Waals surface area (Å²) in [5.74, 6) is 0.0172. The van der Waals surface area contributed by atoms with Gasteiger partial charge in [-0.05, 0) is 49.4 Å². The summed E-state index contributed by atoms with van der Waals surface area (Å²) in [6.07, 6.45) is 3.02. The summed E-state index contributed by atoms with van der Waals surface area (Å²) in [4.78, 5) is 12.3. The molecule has 3 heteroatoms. The summed E-state index contributed by atoms with van der Waals surface area (Å²) < 4.78 is 2.24. The highest BCUT2D eigenvalue weighted by atomic mass is 16.1. The van der Waals surface area contributed by atoms with Gasteiger partial charge in [0.15, 0.2) is 0 Å². The molecule has 1 heterocycles. The van der Waals surface area contributed by atoms with Crippen LogP contribution in [0.15, 0.2) is 54.7 Å². The number of benzene rings is 2. The molecule has 0 unspecified atom stereocenters. The summed E-state index contributed by atoms with van der Waals surface area (Å²) in [7, 11) is 0. The number of nitrogens with zero attached hydrogens (tertiary/aromatic N) is 1. The van der Waals surface area contributed by atoms with Gasteiger partial charge < -0.3 is 9.88 Å². The number of nitrogens with one attached hydrogen (secondary N) is 1. The van der Waals surface area contributed by atoms with Gasteiger partial charge in [-0.1, -0.05) is 35.9 Å². The summed E-state index contributed by atoms with van der Waals surface area (Å²) in [6, 6.07) is 16.5. The monoisotopic (exact) mass is 306 g/mol. The number of amides is 1. The number of fused-ring (bicyclic) bond motifs is 1. The van der Waals surface area contributed by atoms with Crippen molar-refractivity contribution in [3.8, 4) is 0 Å². The summed E-state index contributed by atoms with van der Waals surface area (Å²) in [5.41, 5.74) is 4.15. The van der Waals surface area contributed by atoms with E-state index in [4.69, 9.17) is 0 Å². The number of carbonyl (C=O) groups excluding carboxylic acids is 1. The van der Waals surface area contributed by atoms with Crippen LogP contribution in [0.3, 0.4) is 0 Å². The van der Waals surface area contributed by atoms with E-state index in [-0.39, 0.29) is 5.91 Å². The molecular weight excluding hydrogens is 284 g/mol. The first-order chi connectivity index (χ1) is 11.1. The van der Waals surface area contributed by atoms with Crippen LogP contribution in [0.5, 0.6) is 0 Å². The lowest BCUT2D eigenvalue weighted by atomic mass is 10.1. The number of hydrogen-bond acceptors (Lipinski definition) is 1. The molecule has 118 valence electrons. The van der Waals surface area contributed by atoms with E-state index >= 15 is 0 Å². The normalized spacial score (nSPS) is 10.9. The number of aromatic nitrogens is 1. The van der Waals surface area contributed by atoms with Crippen molar-refractivity contribution in [2.75, 3.05) is 6.54 Å². The van der Waals surface area contributed by atoms with E-state index in [1.807, 2.05) is 32.0 Å². The van der Waals surface area contributed by atoms with E-state index in [0.717, 1.165) is 29.7 Å². The highest BCUT2D eigenvalue weighted by Crippen LogP contribution is 2.15. The van der Waals surface area contributed by atoms with Crippen molar-refractivity contribution >= 4 is 16.8 Å². The van der Waals surface area contributed by atoms with Gasteiger partial charge in [0.2, 0.25) is 0 Å². The molecule has 1 aromatic heterocycles. The highest BCUT2D eigenvalue weighted by Gasteiger charge is 2.08. The van der Waals surface area contributed by atoms with Crippen LogP contribution in [0, 0.1) is 13.8 Å². The smallest absolute Gasteiger partial charge is 0.251 e. The Kier molecular flexibility index (Phi) is 4.47. The van der Waals surface area contributed by atoms with Gasteiger partial charge in [0.25, 0.3) is 5.91 Å². The standard InChI is InChI=1S/C20H22N2O/c1-15-8-9-16(2)18(14-15)20(23)21-11-5-12-22-13-10-17-6-3-4-7-19(17)22/h3-4,6-10,13-14H,5,11-12H2,1-2H3,(H,21,23). The molecule has 0 saturated heterocycles. The van der Waals surface area contributed by atoms with Crippen molar-refractivity contribution < 1.29 is 4.79 Å². The fraction of sp³-hybridized carbons (Fsp3) is 0.250. The molecule has 0 fully saturated rings. The molecule has 0 aliphatic carbocycles. The quantitative estimate of drug-likeness (QED) is 0.708. The fourth-order valence-corrected chi connectivity index (χ4v) is 2.86. The third-order valence-electron chi connectivity index (χ3n) is 4.18. The second-order valence-corrected chi connectivity index (χ2v) is 6.00. The van der Waals surface area contributed by atoms with Gasteiger partial charge in [0, 0.05) is 30.4 Å². The maximum Gasteiger partial charge on any atom is 0.251 e. The Balaban J connectivity index is 1.55. The minimum Gasteiger partial charge on any atom is -0.352 e. The average molecular weight is 306 g/mol. The van der Waals surface area contributed by atoms with Crippen molar-refractivity contribution in [1.29, 1.82) is 0 Å². The Hall–Kier alpha value is -2.55. The second-order valence-electron chi connectivity index (χ2n) is 6.00. The number of aryl methyl sites for hydroxylation is 3. The third-order valence-corrected chi connectivity index (χ3v) is 4.18. The molecule has 0 radical (unpaired) electrons. The van der Waals surface area contributed by atoms with Crippen molar-refractivity contribution in [3.05, 3.63) is 71.4 Å². The Bertz CT molecular complexity index is 833. The lowest BCUT2D eigenvalue weighted by Crippen LogP contribution is -2.26.